The average molecular weight is 1100 g/mol. The first-order valence-electron chi connectivity index (χ1n) is 19.4. The van der Waals surface area contributed by atoms with Crippen LogP contribution in [0.2, 0.25) is 10.0 Å². The number of imidazole rings is 1. The third-order valence-electron chi connectivity index (χ3n) is 10.6. The smallest absolute Gasteiger partial charge is 0.488 e. The number of phenols is 2. The summed E-state index contributed by atoms with van der Waals surface area (Å²) in [5.41, 5.74) is 4.03. The van der Waals surface area contributed by atoms with Crippen LogP contribution < -0.4 is 30.6 Å². The Balaban J connectivity index is 0.993. The van der Waals surface area contributed by atoms with Gasteiger partial charge in [0.2, 0.25) is 0 Å². The standard InChI is InChI=1S/C36H34Cl2N7O21P3S/c1-58-18-8-16-27(21(37)24(18)46)62-28-17(9-19(59-2)25(47)22(28)38)36(16)15-7-13(3-4-14(15)34(50)64-36)32(49)40-5-6-41-35(51)63-29-20(10-60-67(52,53)65-68(54,55)66-69(56,57)70)61-33(26(29)48)45-12-44-23-30(39)42-11-43-31(23)45/h3-4,7-9,11-12,20,26,29,33,46-48H,5-6,10H2,1-2H3,(H,40,49)(H,41,51)(H,52,53)(H,54,55)(H2,39,42,43)(H2,56,57,70)/t20-,26-,29-,33-/m1/s1. The Hall–Kier alpha value is -5.45. The molecule has 2 unspecified atom stereocenters. The third kappa shape index (κ3) is 9.43. The van der Waals surface area contributed by atoms with Crippen LogP contribution in [0.25, 0.3) is 11.2 Å². The van der Waals surface area contributed by atoms with Gasteiger partial charge in [-0.15, -0.1) is 0 Å². The molecular formula is C36H34Cl2N7O21P3S. The Morgan fingerprint density at radius 3 is 2.16 bits per heavy atom. The van der Waals surface area contributed by atoms with Crippen LogP contribution in [-0.2, 0) is 53.9 Å². The number of fused-ring (bicyclic) bond motifs is 7. The Morgan fingerprint density at radius 2 is 1.54 bits per heavy atom. The third-order valence-corrected chi connectivity index (χ3v) is 15.7. The van der Waals surface area contributed by atoms with Crippen LogP contribution >= 0.6 is 45.6 Å². The summed E-state index contributed by atoms with van der Waals surface area (Å²) in [6, 6.07) is 6.57. The van der Waals surface area contributed by atoms with Crippen LogP contribution in [0.15, 0.2) is 43.0 Å². The van der Waals surface area contributed by atoms with Crippen molar-refractivity contribution < 1.29 is 100.0 Å². The molecule has 11 N–H and O–H groups in total. The number of benzene rings is 3. The Morgan fingerprint density at radius 1 is 0.914 bits per heavy atom. The number of carbonyl (C=O) groups excluding carboxylic acids is 3. The van der Waals surface area contributed by atoms with E-state index in [1.54, 1.807) is 0 Å². The summed E-state index contributed by atoms with van der Waals surface area (Å²) in [5, 5.41) is 37.2. The Labute approximate surface area is 406 Å². The maximum absolute atomic E-state index is 13.7. The second kappa shape index (κ2) is 18.9. The fourth-order valence-corrected chi connectivity index (χ4v) is 11.9. The summed E-state index contributed by atoms with van der Waals surface area (Å²) in [4.78, 5) is 90.8. The number of phosphoric ester groups is 1. The first kappa shape index (κ1) is 50.9. The molecule has 0 bridgehead atoms. The van der Waals surface area contributed by atoms with Crippen LogP contribution in [0.4, 0.5) is 10.6 Å². The van der Waals surface area contributed by atoms with Gasteiger partial charge in [-0.25, -0.2) is 38.0 Å². The van der Waals surface area contributed by atoms with Crippen molar-refractivity contribution in [3.63, 3.8) is 0 Å². The summed E-state index contributed by atoms with van der Waals surface area (Å²) in [7, 11) is -8.88. The summed E-state index contributed by atoms with van der Waals surface area (Å²) >= 11 is 17.2. The molecule has 0 radical (unpaired) electrons. The minimum Gasteiger partial charge on any atom is -0.503 e. The number of anilines is 1. The van der Waals surface area contributed by atoms with Gasteiger partial charge in [0.15, 0.2) is 63.9 Å². The van der Waals surface area contributed by atoms with E-state index in [9.17, 15) is 58.4 Å². The number of aromatic hydroxyl groups is 2. The number of alkyl carbamates (subject to hydrolysis) is 1. The lowest BCUT2D eigenvalue weighted by Gasteiger charge is -2.37. The molecule has 5 aromatic rings. The molecule has 6 atom stereocenters. The number of amides is 2. The largest absolute Gasteiger partial charge is 0.503 e. The van der Waals surface area contributed by atoms with Crippen LogP contribution in [0.3, 0.4) is 0 Å². The van der Waals surface area contributed by atoms with Gasteiger partial charge in [-0.3, -0.25) is 13.9 Å². The number of aliphatic hydroxyl groups is 1. The lowest BCUT2D eigenvalue weighted by atomic mass is 9.77. The van der Waals surface area contributed by atoms with E-state index in [2.05, 4.69) is 46.0 Å². The van der Waals surface area contributed by atoms with Crippen molar-refractivity contribution in [3.8, 4) is 34.5 Å². The van der Waals surface area contributed by atoms with Crippen molar-refractivity contribution in [1.29, 1.82) is 0 Å². The SMILES string of the molecule is COc1cc2c(c(Cl)c1O)Oc1c(cc(OC)c(O)c1Cl)C21OC(=O)c2ccc(C(=O)NCCNC(=O)O[C@H]3[C@@H](O)[C@H](n4cnc5c(N)ncnc54)O[C@@H]3COP(=O)(O)OP(=O)(O)OP(O)(O)=S)cc21. The molecule has 5 heterocycles. The molecule has 0 saturated carbocycles. The molecule has 70 heavy (non-hydrogen) atoms. The molecule has 0 aliphatic carbocycles. The van der Waals surface area contributed by atoms with Crippen molar-refractivity contribution in [2.24, 2.45) is 0 Å². The number of hydrogen-bond donors (Lipinski definition) is 10. The van der Waals surface area contributed by atoms with Gasteiger partial charge in [0.25, 0.3) is 5.91 Å². The highest BCUT2D eigenvalue weighted by Crippen LogP contribution is 2.67. The van der Waals surface area contributed by atoms with Crippen molar-refractivity contribution >= 4 is 92.3 Å². The summed E-state index contributed by atoms with van der Waals surface area (Å²) in [6.45, 7) is -6.63. The zero-order valence-electron chi connectivity index (χ0n) is 35.2. The quantitative estimate of drug-likeness (QED) is 0.0409. The van der Waals surface area contributed by atoms with E-state index in [0.717, 1.165) is 17.2 Å². The highest BCUT2D eigenvalue weighted by Gasteiger charge is 2.56. The van der Waals surface area contributed by atoms with E-state index in [-0.39, 0.29) is 90.9 Å². The number of rotatable bonds is 15. The van der Waals surface area contributed by atoms with E-state index < -0.39 is 88.6 Å². The van der Waals surface area contributed by atoms with Crippen molar-refractivity contribution in [2.75, 3.05) is 39.6 Å². The number of nitrogens with two attached hydrogens (primary N) is 1. The molecule has 3 aliphatic heterocycles. The van der Waals surface area contributed by atoms with Gasteiger partial charge >= 0.3 is 34.4 Å². The number of aromatic nitrogens is 4. The van der Waals surface area contributed by atoms with Crippen molar-refractivity contribution in [3.05, 3.63) is 80.8 Å². The Kier molecular flexibility index (Phi) is 13.8. The number of esters is 1. The first-order valence-corrected chi connectivity index (χ1v) is 25.8. The van der Waals surface area contributed by atoms with Gasteiger partial charge in [0, 0.05) is 24.2 Å². The lowest BCUT2D eigenvalue weighted by molar-refractivity contribution is -0.0508. The molecule has 2 amide bonds. The number of phenolic OH excluding ortho intramolecular Hbond substituents is 2. The molecule has 1 fully saturated rings. The molecule has 28 nitrogen and oxygen atoms in total. The summed E-state index contributed by atoms with van der Waals surface area (Å²) in [5.74, 6) is -3.49. The number of nitrogens with one attached hydrogen (secondary N) is 2. The summed E-state index contributed by atoms with van der Waals surface area (Å²) in [6.07, 6.45) is -5.81. The van der Waals surface area contributed by atoms with Crippen molar-refractivity contribution in [1.82, 2.24) is 30.2 Å². The number of phosphoric acid groups is 2. The minimum absolute atomic E-state index is 0.0152. The number of nitrogen functional groups attached to an aromatic ring is 1. The van der Waals surface area contributed by atoms with Crippen LogP contribution in [0.1, 0.15) is 43.6 Å². The minimum atomic E-state index is -5.73. The zero-order chi connectivity index (χ0) is 50.8. The molecule has 374 valence electrons. The molecule has 8 rings (SSSR count). The summed E-state index contributed by atoms with van der Waals surface area (Å²) < 4.78 is 72.6. The van der Waals surface area contributed by atoms with E-state index in [0.29, 0.717) is 0 Å². The van der Waals surface area contributed by atoms with E-state index in [4.69, 9.17) is 61.9 Å². The van der Waals surface area contributed by atoms with Gasteiger partial charge in [-0.1, -0.05) is 23.2 Å². The number of methoxy groups -OCH3 is 2. The van der Waals surface area contributed by atoms with Crippen LogP contribution in [0, 0.1) is 0 Å². The molecule has 1 saturated heterocycles. The molecule has 34 heteroatoms. The van der Waals surface area contributed by atoms with Gasteiger partial charge < -0.3 is 79.7 Å². The number of halogens is 2. The number of aliphatic hydroxyl groups excluding tert-OH is 1. The number of hydrogen-bond acceptors (Lipinski definition) is 22. The highest BCUT2D eigenvalue weighted by molar-refractivity contribution is 8.08. The number of ether oxygens (including phenoxy) is 6. The van der Waals surface area contributed by atoms with Gasteiger partial charge in [-0.2, -0.15) is 4.31 Å². The second-order valence-corrected chi connectivity index (χ2v) is 21.4. The topological polar surface area (TPSA) is 404 Å². The lowest BCUT2D eigenvalue weighted by Crippen LogP contribution is -2.42. The molecular weight excluding hydrogens is 1060 g/mol. The molecule has 3 aromatic carbocycles. The van der Waals surface area contributed by atoms with Crippen LogP contribution in [0.5, 0.6) is 34.5 Å². The fraction of sp³-hybridized carbons (Fsp3) is 0.278. The highest BCUT2D eigenvalue weighted by atomic mass is 35.5. The van der Waals surface area contributed by atoms with Crippen molar-refractivity contribution in [2.45, 2.75) is 30.1 Å². The molecule has 2 aromatic heterocycles. The van der Waals surface area contributed by atoms with E-state index in [1.807, 2.05) is 0 Å². The average Bonchev–Trinajstić information content (AvgIpc) is 3.94. The molecule has 1 spiro atoms. The monoisotopic (exact) mass is 1100 g/mol. The zero-order valence-corrected chi connectivity index (χ0v) is 40.2. The maximum atomic E-state index is 13.7. The number of nitrogens with zero attached hydrogens (tertiary/aromatic N) is 4. The fourth-order valence-electron chi connectivity index (χ4n) is 7.65. The van der Waals surface area contributed by atoms with Gasteiger partial charge in [-0.05, 0) is 42.1 Å². The van der Waals surface area contributed by atoms with Gasteiger partial charge in [0.1, 0.15) is 34.1 Å². The second-order valence-electron chi connectivity index (χ2n) is 14.7. The Bertz CT molecular complexity index is 3080. The first-order chi connectivity index (χ1) is 32.9. The predicted molar refractivity (Wildman–Crippen MR) is 238 cm³/mol. The van der Waals surface area contributed by atoms with E-state index in [1.165, 1.54) is 44.6 Å². The van der Waals surface area contributed by atoms with Gasteiger partial charge in [0.05, 0.1) is 43.8 Å². The van der Waals surface area contributed by atoms with Crippen LogP contribution in [-0.4, -0.2) is 125 Å². The predicted octanol–water partition coefficient (Wildman–Crippen LogP) is 2.95. The number of carbonyl (C=O) groups is 3. The normalized spacial score (nSPS) is 20.6. The maximum Gasteiger partial charge on any atom is 0.488 e. The van der Waals surface area contributed by atoms with E-state index >= 15 is 0 Å². The molecule has 3 aliphatic rings.